The third kappa shape index (κ3) is 2.97. The Morgan fingerprint density at radius 3 is 2.65 bits per heavy atom. The van der Waals surface area contributed by atoms with Gasteiger partial charge < -0.3 is 5.11 Å². The Balaban J connectivity index is 2.93. The summed E-state index contributed by atoms with van der Waals surface area (Å²) in [5, 5.41) is 9.33. The Morgan fingerprint density at radius 1 is 1.53 bits per heavy atom. The average Bonchev–Trinajstić information content (AvgIpc) is 2.29. The number of carboxylic acid groups (broad SMARTS) is 1. The number of hydrogen-bond donors (Lipinski definition) is 2. The van der Waals surface area contributed by atoms with E-state index in [0.717, 1.165) is 6.42 Å². The minimum atomic E-state index is -3.52. The van der Waals surface area contributed by atoms with Crippen molar-refractivity contribution < 1.29 is 18.3 Å². The maximum absolute atomic E-state index is 11.7. The van der Waals surface area contributed by atoms with Crippen molar-refractivity contribution in [2.75, 3.05) is 20.1 Å². The lowest BCUT2D eigenvalue weighted by molar-refractivity contribution is -0.151. The third-order valence-electron chi connectivity index (χ3n) is 3.32. The summed E-state index contributed by atoms with van der Waals surface area (Å²) in [7, 11) is -2.18. The maximum Gasteiger partial charge on any atom is 0.310 e. The number of rotatable bonds is 5. The molecule has 0 bridgehead atoms. The van der Waals surface area contributed by atoms with Gasteiger partial charge in [0.15, 0.2) is 0 Å². The minimum absolute atomic E-state index is 0.0688. The Bertz CT molecular complexity index is 378. The van der Waals surface area contributed by atoms with Crippen LogP contribution in [0, 0.1) is 5.41 Å². The van der Waals surface area contributed by atoms with Crippen LogP contribution in [-0.2, 0) is 15.0 Å². The zero-order valence-corrected chi connectivity index (χ0v) is 11.1. The zero-order valence-electron chi connectivity index (χ0n) is 10.3. The molecule has 0 saturated carbocycles. The molecule has 0 aromatic carbocycles. The predicted molar refractivity (Wildman–Crippen MR) is 63.8 cm³/mol. The fourth-order valence-electron chi connectivity index (χ4n) is 2.39. The normalized spacial score (nSPS) is 26.9. The molecule has 0 amide bonds. The molecular weight excluding hydrogens is 244 g/mol. The number of nitrogens with zero attached hydrogens (tertiary/aromatic N) is 1. The van der Waals surface area contributed by atoms with Gasteiger partial charge in [-0.15, -0.1) is 0 Å². The van der Waals surface area contributed by atoms with Gasteiger partial charge in [-0.1, -0.05) is 13.3 Å². The van der Waals surface area contributed by atoms with Crippen LogP contribution < -0.4 is 4.72 Å². The van der Waals surface area contributed by atoms with Crippen molar-refractivity contribution in [3.8, 4) is 0 Å². The maximum atomic E-state index is 11.7. The quantitative estimate of drug-likeness (QED) is 0.753. The first kappa shape index (κ1) is 14.4. The number of piperidine rings is 1. The molecule has 1 aliphatic heterocycles. The molecule has 7 heteroatoms. The second kappa shape index (κ2) is 5.32. The van der Waals surface area contributed by atoms with Gasteiger partial charge in [-0.05, 0) is 19.3 Å². The average molecular weight is 264 g/mol. The summed E-state index contributed by atoms with van der Waals surface area (Å²) >= 11 is 0. The van der Waals surface area contributed by atoms with Gasteiger partial charge in [0.25, 0.3) is 10.2 Å². The van der Waals surface area contributed by atoms with Crippen molar-refractivity contribution in [2.24, 2.45) is 5.41 Å². The van der Waals surface area contributed by atoms with Gasteiger partial charge in [0.05, 0.1) is 5.41 Å². The summed E-state index contributed by atoms with van der Waals surface area (Å²) in [5.74, 6) is -0.893. The van der Waals surface area contributed by atoms with Gasteiger partial charge in [0, 0.05) is 20.1 Å². The van der Waals surface area contributed by atoms with Crippen LogP contribution in [0.25, 0.3) is 0 Å². The van der Waals surface area contributed by atoms with Crippen LogP contribution in [0.15, 0.2) is 0 Å². The zero-order chi connectivity index (χ0) is 13.1. The van der Waals surface area contributed by atoms with E-state index < -0.39 is 21.6 Å². The van der Waals surface area contributed by atoms with Crippen molar-refractivity contribution >= 4 is 16.2 Å². The second-order valence-corrected chi connectivity index (χ2v) is 6.36. The van der Waals surface area contributed by atoms with E-state index >= 15 is 0 Å². The molecule has 0 aliphatic carbocycles. The van der Waals surface area contributed by atoms with Crippen LogP contribution in [0.4, 0.5) is 0 Å². The van der Waals surface area contributed by atoms with Gasteiger partial charge >= 0.3 is 5.97 Å². The van der Waals surface area contributed by atoms with Gasteiger partial charge in [0.1, 0.15) is 0 Å². The summed E-state index contributed by atoms with van der Waals surface area (Å²) in [5.41, 5.74) is -0.920. The highest BCUT2D eigenvalue weighted by molar-refractivity contribution is 7.87. The molecule has 2 N–H and O–H groups in total. The van der Waals surface area contributed by atoms with Gasteiger partial charge in [0.2, 0.25) is 0 Å². The molecule has 1 saturated heterocycles. The Kier molecular flexibility index (Phi) is 4.51. The Morgan fingerprint density at radius 2 is 2.18 bits per heavy atom. The lowest BCUT2D eigenvalue weighted by Gasteiger charge is -2.38. The lowest BCUT2D eigenvalue weighted by atomic mass is 9.77. The summed E-state index contributed by atoms with van der Waals surface area (Å²) < 4.78 is 26.9. The number of aliphatic carboxylic acids is 1. The molecule has 1 rings (SSSR count). The molecule has 0 radical (unpaired) electrons. The molecule has 6 nitrogen and oxygen atoms in total. The van der Waals surface area contributed by atoms with E-state index in [1.807, 2.05) is 6.92 Å². The van der Waals surface area contributed by atoms with Crippen molar-refractivity contribution in [3.63, 3.8) is 0 Å². The van der Waals surface area contributed by atoms with Gasteiger partial charge in [-0.25, -0.2) is 4.72 Å². The van der Waals surface area contributed by atoms with E-state index in [-0.39, 0.29) is 6.54 Å². The third-order valence-corrected chi connectivity index (χ3v) is 4.83. The smallest absolute Gasteiger partial charge is 0.310 e. The number of nitrogens with one attached hydrogen (secondary N) is 1. The highest BCUT2D eigenvalue weighted by Crippen LogP contribution is 2.35. The van der Waals surface area contributed by atoms with E-state index in [9.17, 15) is 18.3 Å². The standard InChI is InChI=1S/C10H20N2O4S/c1-3-5-10(9(13)14)6-4-7-12(8-10)17(15,16)11-2/h11H,3-8H2,1-2H3,(H,13,14). The van der Waals surface area contributed by atoms with Crippen molar-refractivity contribution in [2.45, 2.75) is 32.6 Å². The predicted octanol–water partition coefficient (Wildman–Crippen LogP) is 0.418. The van der Waals surface area contributed by atoms with E-state index in [1.165, 1.54) is 11.4 Å². The van der Waals surface area contributed by atoms with Crippen LogP contribution in [0.5, 0.6) is 0 Å². The summed E-state index contributed by atoms with van der Waals surface area (Å²) in [4.78, 5) is 11.4. The molecule has 1 heterocycles. The molecule has 0 spiro atoms. The molecule has 1 fully saturated rings. The highest BCUT2D eigenvalue weighted by atomic mass is 32.2. The van der Waals surface area contributed by atoms with Crippen LogP contribution >= 0.6 is 0 Å². The van der Waals surface area contributed by atoms with Crippen LogP contribution in [-0.4, -0.2) is 43.9 Å². The van der Waals surface area contributed by atoms with Crippen LogP contribution in [0.1, 0.15) is 32.6 Å². The number of hydrogen-bond acceptors (Lipinski definition) is 3. The highest BCUT2D eigenvalue weighted by Gasteiger charge is 2.44. The summed E-state index contributed by atoms with van der Waals surface area (Å²) in [6, 6.07) is 0. The largest absolute Gasteiger partial charge is 0.481 e. The first-order chi connectivity index (χ1) is 7.88. The van der Waals surface area contributed by atoms with Gasteiger partial charge in [-0.3, -0.25) is 4.79 Å². The fraction of sp³-hybridized carbons (Fsp3) is 0.900. The molecule has 1 atom stereocenters. The van der Waals surface area contributed by atoms with Crippen LogP contribution in [0.2, 0.25) is 0 Å². The van der Waals surface area contributed by atoms with E-state index in [2.05, 4.69) is 4.72 Å². The van der Waals surface area contributed by atoms with Crippen molar-refractivity contribution in [1.82, 2.24) is 9.03 Å². The topological polar surface area (TPSA) is 86.7 Å². The minimum Gasteiger partial charge on any atom is -0.481 e. The Hall–Kier alpha value is -0.660. The van der Waals surface area contributed by atoms with Gasteiger partial charge in [-0.2, -0.15) is 12.7 Å². The van der Waals surface area contributed by atoms with Crippen molar-refractivity contribution in [1.29, 1.82) is 0 Å². The second-order valence-electron chi connectivity index (χ2n) is 4.48. The molecule has 100 valence electrons. The molecule has 1 aliphatic rings. The number of carbonyl (C=O) groups is 1. The van der Waals surface area contributed by atoms with E-state index in [4.69, 9.17) is 0 Å². The number of carboxylic acids is 1. The monoisotopic (exact) mass is 264 g/mol. The van der Waals surface area contributed by atoms with E-state index in [1.54, 1.807) is 0 Å². The fourth-order valence-corrected chi connectivity index (χ4v) is 3.43. The SMILES string of the molecule is CCCC1(C(=O)O)CCCN(S(=O)(=O)NC)C1. The van der Waals surface area contributed by atoms with Crippen LogP contribution in [0.3, 0.4) is 0 Å². The lowest BCUT2D eigenvalue weighted by Crippen LogP contribution is -2.52. The molecule has 17 heavy (non-hydrogen) atoms. The molecule has 0 aromatic rings. The molecule has 1 unspecified atom stereocenters. The summed E-state index contributed by atoms with van der Waals surface area (Å²) in [6.07, 6.45) is 2.39. The molecule has 0 aromatic heterocycles. The first-order valence-electron chi connectivity index (χ1n) is 5.80. The van der Waals surface area contributed by atoms with Crippen molar-refractivity contribution in [3.05, 3.63) is 0 Å². The van der Waals surface area contributed by atoms with E-state index in [0.29, 0.717) is 25.8 Å². The first-order valence-corrected chi connectivity index (χ1v) is 7.24. The molecular formula is C10H20N2O4S. The Labute approximate surface area is 102 Å². The summed E-state index contributed by atoms with van der Waals surface area (Å²) in [6.45, 7) is 2.37.